The Morgan fingerprint density at radius 3 is 2.44 bits per heavy atom. The quantitative estimate of drug-likeness (QED) is 0.859. The Hall–Kier alpha value is -2.42. The Balaban J connectivity index is 1.59. The van der Waals surface area contributed by atoms with Crippen LogP contribution >= 0.6 is 0 Å². The summed E-state index contributed by atoms with van der Waals surface area (Å²) in [4.78, 5) is 15.6. The second-order valence-corrected chi connectivity index (χ2v) is 8.78. The number of halogens is 3. The number of nitrogens with zero attached hydrogens (tertiary/aromatic N) is 1. The summed E-state index contributed by atoms with van der Waals surface area (Å²) in [6.45, 7) is 1.81. The van der Waals surface area contributed by atoms with Crippen LogP contribution in [0.15, 0.2) is 47.5 Å². The van der Waals surface area contributed by atoms with Crippen molar-refractivity contribution in [2.75, 3.05) is 0 Å². The smallest absolute Gasteiger partial charge is 0.349 e. The third-order valence-electron chi connectivity index (χ3n) is 4.50. The van der Waals surface area contributed by atoms with E-state index in [1.54, 1.807) is 31.2 Å². The number of carbonyl (C=O) groups excluding carboxylic acids is 1. The van der Waals surface area contributed by atoms with Gasteiger partial charge in [0, 0.05) is 12.2 Å². The summed E-state index contributed by atoms with van der Waals surface area (Å²) in [6.07, 6.45) is -3.19. The summed E-state index contributed by atoms with van der Waals surface area (Å²) < 4.78 is 62.6. The maximum absolute atomic E-state index is 12.6. The van der Waals surface area contributed by atoms with Gasteiger partial charge in [-0.15, -0.1) is 0 Å². The highest BCUT2D eigenvalue weighted by atomic mass is 32.2. The van der Waals surface area contributed by atoms with Crippen LogP contribution in [0.3, 0.4) is 0 Å². The molecule has 0 bridgehead atoms. The predicted molar refractivity (Wildman–Crippen MR) is 91.9 cm³/mol. The molecule has 1 amide bonds. The van der Waals surface area contributed by atoms with E-state index in [1.165, 1.54) is 0 Å². The number of hydrogen-bond acceptors (Lipinski definition) is 4. The van der Waals surface area contributed by atoms with Crippen LogP contribution in [0.25, 0.3) is 0 Å². The van der Waals surface area contributed by atoms with E-state index in [2.05, 4.69) is 10.3 Å². The zero-order valence-corrected chi connectivity index (χ0v) is 15.1. The molecule has 0 aliphatic heterocycles. The lowest BCUT2D eigenvalue weighted by Crippen LogP contribution is -2.49. The molecular weight excluding hydrogens is 381 g/mol. The molecule has 1 aliphatic carbocycles. The number of alkyl halides is 3. The lowest BCUT2D eigenvalue weighted by molar-refractivity contribution is -0.141. The minimum Gasteiger partial charge on any atom is -0.349 e. The van der Waals surface area contributed by atoms with Crippen molar-refractivity contribution < 1.29 is 26.4 Å². The van der Waals surface area contributed by atoms with Gasteiger partial charge in [-0.1, -0.05) is 12.1 Å². The molecule has 1 N–H and O–H groups in total. The number of nitrogens with one attached hydrogen (secondary N) is 1. The molecule has 0 radical (unpaired) electrons. The van der Waals surface area contributed by atoms with E-state index in [-0.39, 0.29) is 29.3 Å². The summed E-state index contributed by atoms with van der Waals surface area (Å²) in [7, 11) is -3.47. The van der Waals surface area contributed by atoms with Crippen LogP contribution in [0.4, 0.5) is 13.2 Å². The Morgan fingerprint density at radius 1 is 1.19 bits per heavy atom. The molecule has 3 rings (SSSR count). The van der Waals surface area contributed by atoms with Crippen molar-refractivity contribution in [1.82, 2.24) is 10.3 Å². The molecule has 1 saturated carbocycles. The van der Waals surface area contributed by atoms with Crippen LogP contribution in [-0.2, 0) is 16.0 Å². The summed E-state index contributed by atoms with van der Waals surface area (Å²) in [6, 6.07) is 8.07. The second kappa shape index (κ2) is 6.95. The number of aromatic nitrogens is 1. The van der Waals surface area contributed by atoms with E-state index in [0.717, 1.165) is 23.9 Å². The first kappa shape index (κ1) is 19.3. The molecule has 27 heavy (non-hydrogen) atoms. The SMILES string of the molecule is Cc1cccc(S(=O)(=O)[C@H]2C[C@@H](NC(=O)c3ccc(C(F)(F)F)nc3)C2)c1. The minimum absolute atomic E-state index is 0.00649. The highest BCUT2D eigenvalue weighted by Gasteiger charge is 2.40. The lowest BCUT2D eigenvalue weighted by atomic mass is 9.92. The second-order valence-electron chi connectivity index (χ2n) is 6.56. The molecule has 5 nitrogen and oxygen atoms in total. The molecule has 0 spiro atoms. The minimum atomic E-state index is -4.57. The number of rotatable bonds is 4. The first-order valence-corrected chi connectivity index (χ1v) is 9.76. The molecule has 2 aromatic rings. The van der Waals surface area contributed by atoms with Crippen molar-refractivity contribution in [1.29, 1.82) is 0 Å². The maximum atomic E-state index is 12.6. The van der Waals surface area contributed by atoms with Crippen molar-refractivity contribution in [2.45, 2.75) is 42.1 Å². The number of aryl methyl sites for hydroxylation is 1. The van der Waals surface area contributed by atoms with E-state index in [0.29, 0.717) is 0 Å². The number of benzene rings is 1. The Bertz CT molecular complexity index is 951. The lowest BCUT2D eigenvalue weighted by Gasteiger charge is -2.35. The van der Waals surface area contributed by atoms with Crippen LogP contribution in [0.1, 0.15) is 34.5 Å². The predicted octanol–water partition coefficient (Wildman–Crippen LogP) is 3.14. The van der Waals surface area contributed by atoms with Crippen molar-refractivity contribution in [2.24, 2.45) is 0 Å². The number of carbonyl (C=O) groups is 1. The zero-order valence-electron chi connectivity index (χ0n) is 14.3. The molecule has 0 saturated heterocycles. The highest BCUT2D eigenvalue weighted by Crippen LogP contribution is 2.32. The van der Waals surface area contributed by atoms with Gasteiger partial charge in [0.15, 0.2) is 9.84 Å². The van der Waals surface area contributed by atoms with Gasteiger partial charge in [-0.3, -0.25) is 9.78 Å². The van der Waals surface area contributed by atoms with Gasteiger partial charge in [-0.2, -0.15) is 13.2 Å². The maximum Gasteiger partial charge on any atom is 0.433 e. The molecule has 144 valence electrons. The molecule has 1 fully saturated rings. The fourth-order valence-electron chi connectivity index (χ4n) is 2.89. The Labute approximate surface area is 154 Å². The topological polar surface area (TPSA) is 76.1 Å². The van der Waals surface area contributed by atoms with Gasteiger partial charge in [0.2, 0.25) is 0 Å². The molecule has 1 aromatic heterocycles. The summed E-state index contributed by atoms with van der Waals surface area (Å²) in [5.41, 5.74) is -0.241. The van der Waals surface area contributed by atoms with Crippen LogP contribution < -0.4 is 5.32 Å². The van der Waals surface area contributed by atoms with E-state index in [1.807, 2.05) is 0 Å². The molecule has 9 heteroatoms. The monoisotopic (exact) mass is 398 g/mol. The van der Waals surface area contributed by atoms with Crippen LogP contribution in [0.5, 0.6) is 0 Å². The van der Waals surface area contributed by atoms with Gasteiger partial charge >= 0.3 is 6.18 Å². The van der Waals surface area contributed by atoms with Crippen molar-refractivity contribution in [3.8, 4) is 0 Å². The highest BCUT2D eigenvalue weighted by molar-refractivity contribution is 7.92. The first-order valence-electron chi connectivity index (χ1n) is 8.22. The van der Waals surface area contributed by atoms with Gasteiger partial charge in [-0.25, -0.2) is 8.42 Å². The van der Waals surface area contributed by atoms with Crippen LogP contribution in [0, 0.1) is 6.92 Å². The summed E-state index contributed by atoms with van der Waals surface area (Å²) >= 11 is 0. The van der Waals surface area contributed by atoms with Gasteiger partial charge in [0.1, 0.15) is 5.69 Å². The Kier molecular flexibility index (Phi) is 4.98. The van der Waals surface area contributed by atoms with E-state index < -0.39 is 32.9 Å². The van der Waals surface area contributed by atoms with Crippen LogP contribution in [0.2, 0.25) is 0 Å². The van der Waals surface area contributed by atoms with Crippen molar-refractivity contribution >= 4 is 15.7 Å². The number of sulfone groups is 1. The van der Waals surface area contributed by atoms with E-state index in [9.17, 15) is 26.4 Å². The summed E-state index contributed by atoms with van der Waals surface area (Å²) in [5, 5.41) is 2.04. The van der Waals surface area contributed by atoms with E-state index in [4.69, 9.17) is 0 Å². The first-order chi connectivity index (χ1) is 12.6. The van der Waals surface area contributed by atoms with Gasteiger partial charge in [0.25, 0.3) is 5.91 Å². The molecule has 1 aliphatic rings. The molecule has 0 unspecified atom stereocenters. The normalized spacial score (nSPS) is 20.0. The average molecular weight is 398 g/mol. The fraction of sp³-hybridized carbons (Fsp3) is 0.333. The third-order valence-corrected chi connectivity index (χ3v) is 6.68. The third kappa shape index (κ3) is 4.13. The van der Waals surface area contributed by atoms with Crippen molar-refractivity contribution in [3.05, 3.63) is 59.4 Å². The molecule has 1 heterocycles. The van der Waals surface area contributed by atoms with Gasteiger partial charge in [-0.05, 0) is 49.6 Å². The number of pyridine rings is 1. The number of hydrogen-bond donors (Lipinski definition) is 1. The largest absolute Gasteiger partial charge is 0.433 e. The van der Waals surface area contributed by atoms with Crippen molar-refractivity contribution in [3.63, 3.8) is 0 Å². The van der Waals surface area contributed by atoms with E-state index >= 15 is 0 Å². The van der Waals surface area contributed by atoms with Crippen LogP contribution in [-0.4, -0.2) is 30.6 Å². The van der Waals surface area contributed by atoms with Gasteiger partial charge in [0.05, 0.1) is 15.7 Å². The Morgan fingerprint density at radius 2 is 1.89 bits per heavy atom. The standard InChI is InChI=1S/C18H17F3N2O3S/c1-11-3-2-4-14(7-11)27(25,26)15-8-13(9-15)23-17(24)12-5-6-16(22-10-12)18(19,20)21/h2-7,10,13,15H,8-9H2,1H3,(H,23,24)/t13-,15+. The molecular formula is C18H17F3N2O3S. The fourth-order valence-corrected chi connectivity index (χ4v) is 4.86. The molecule has 0 atom stereocenters. The zero-order chi connectivity index (χ0) is 19.8. The number of amides is 1. The molecule has 1 aromatic carbocycles. The van der Waals surface area contributed by atoms with Gasteiger partial charge < -0.3 is 5.32 Å². The average Bonchev–Trinajstić information content (AvgIpc) is 2.56. The summed E-state index contributed by atoms with van der Waals surface area (Å²) in [5.74, 6) is -0.576.